The molecule has 2 nitrogen and oxygen atoms in total. The lowest BCUT2D eigenvalue weighted by Gasteiger charge is -2.23. The van der Waals surface area contributed by atoms with Crippen molar-refractivity contribution in [3.63, 3.8) is 0 Å². The summed E-state index contributed by atoms with van der Waals surface area (Å²) >= 11 is 6.67. The summed E-state index contributed by atoms with van der Waals surface area (Å²) in [6.45, 7) is 0.872. The van der Waals surface area contributed by atoms with Crippen molar-refractivity contribution < 1.29 is 4.79 Å². The lowest BCUT2D eigenvalue weighted by atomic mass is 10.2. The third kappa shape index (κ3) is 2.27. The van der Waals surface area contributed by atoms with Crippen LogP contribution in [0.1, 0.15) is 33.4 Å². The van der Waals surface area contributed by atoms with Gasteiger partial charge < -0.3 is 4.90 Å². The Kier molecular flexibility index (Phi) is 3.54. The second-order valence-corrected chi connectivity index (χ2v) is 7.72. The molecule has 0 bridgehead atoms. The Morgan fingerprint density at radius 3 is 2.94 bits per heavy atom. The van der Waals surface area contributed by atoms with Crippen molar-refractivity contribution in [2.45, 2.75) is 18.9 Å². The predicted molar refractivity (Wildman–Crippen MR) is 79.3 cm³/mol. The van der Waals surface area contributed by atoms with E-state index in [4.69, 9.17) is 0 Å². The SMILES string of the molecule is O=C(c1ccc(Br)s1)N1CCC[C@H]1c1cccs1. The van der Waals surface area contributed by atoms with Gasteiger partial charge in [0, 0.05) is 11.4 Å². The van der Waals surface area contributed by atoms with Crippen molar-refractivity contribution in [1.29, 1.82) is 0 Å². The Bertz CT molecular complexity index is 549. The molecule has 0 N–H and O–H groups in total. The van der Waals surface area contributed by atoms with Crippen LogP contribution in [0.15, 0.2) is 33.4 Å². The molecular formula is C13H12BrNOS2. The summed E-state index contributed by atoms with van der Waals surface area (Å²) in [6.07, 6.45) is 2.18. The van der Waals surface area contributed by atoms with E-state index < -0.39 is 0 Å². The first kappa shape index (κ1) is 12.4. The number of nitrogens with zero attached hydrogens (tertiary/aromatic N) is 1. The van der Waals surface area contributed by atoms with Crippen molar-refractivity contribution in [3.8, 4) is 0 Å². The highest BCUT2D eigenvalue weighted by Gasteiger charge is 2.31. The minimum Gasteiger partial charge on any atom is -0.330 e. The number of halogens is 1. The number of amides is 1. The van der Waals surface area contributed by atoms with Gasteiger partial charge in [0.1, 0.15) is 0 Å². The maximum absolute atomic E-state index is 12.5. The fraction of sp³-hybridized carbons (Fsp3) is 0.308. The zero-order valence-corrected chi connectivity index (χ0v) is 12.9. The van der Waals surface area contributed by atoms with Crippen LogP contribution in [0.4, 0.5) is 0 Å². The Morgan fingerprint density at radius 1 is 1.39 bits per heavy atom. The molecule has 2 aromatic heterocycles. The summed E-state index contributed by atoms with van der Waals surface area (Å²) in [5, 5.41) is 2.08. The van der Waals surface area contributed by atoms with Gasteiger partial charge in [-0.05, 0) is 52.4 Å². The summed E-state index contributed by atoms with van der Waals surface area (Å²) in [6, 6.07) is 8.31. The lowest BCUT2D eigenvalue weighted by Crippen LogP contribution is -2.29. The zero-order chi connectivity index (χ0) is 12.5. The topological polar surface area (TPSA) is 20.3 Å². The highest BCUT2D eigenvalue weighted by atomic mass is 79.9. The van der Waals surface area contributed by atoms with Gasteiger partial charge in [-0.25, -0.2) is 0 Å². The number of likely N-dealkylation sites (tertiary alicyclic amines) is 1. The van der Waals surface area contributed by atoms with Gasteiger partial charge in [0.25, 0.3) is 5.91 Å². The monoisotopic (exact) mass is 341 g/mol. The molecule has 3 rings (SSSR count). The van der Waals surface area contributed by atoms with E-state index in [0.717, 1.165) is 28.0 Å². The first-order valence-corrected chi connectivity index (χ1v) is 8.34. The van der Waals surface area contributed by atoms with Crippen molar-refractivity contribution in [3.05, 3.63) is 43.2 Å². The molecule has 0 aromatic carbocycles. The van der Waals surface area contributed by atoms with Crippen molar-refractivity contribution in [2.24, 2.45) is 0 Å². The highest BCUT2D eigenvalue weighted by molar-refractivity contribution is 9.11. The van der Waals surface area contributed by atoms with Crippen molar-refractivity contribution in [2.75, 3.05) is 6.54 Å². The van der Waals surface area contributed by atoms with Crippen LogP contribution in [0.5, 0.6) is 0 Å². The van der Waals surface area contributed by atoms with E-state index in [1.54, 1.807) is 11.3 Å². The maximum Gasteiger partial charge on any atom is 0.264 e. The molecule has 3 heterocycles. The van der Waals surface area contributed by atoms with Crippen molar-refractivity contribution in [1.82, 2.24) is 4.90 Å². The van der Waals surface area contributed by atoms with Crippen LogP contribution in [0.2, 0.25) is 0 Å². The quantitative estimate of drug-likeness (QED) is 0.784. The highest BCUT2D eigenvalue weighted by Crippen LogP contribution is 2.36. The van der Waals surface area contributed by atoms with Crippen LogP contribution in [0.3, 0.4) is 0 Å². The molecule has 1 saturated heterocycles. The molecule has 0 saturated carbocycles. The number of hydrogen-bond acceptors (Lipinski definition) is 3. The number of hydrogen-bond donors (Lipinski definition) is 0. The van der Waals surface area contributed by atoms with E-state index in [2.05, 4.69) is 33.4 Å². The summed E-state index contributed by atoms with van der Waals surface area (Å²) < 4.78 is 1.01. The molecule has 94 valence electrons. The Balaban J connectivity index is 1.85. The predicted octanol–water partition coefficient (Wildman–Crippen LogP) is 4.55. The molecule has 0 spiro atoms. The fourth-order valence-corrected chi connectivity index (χ4v) is 4.57. The molecule has 18 heavy (non-hydrogen) atoms. The molecule has 0 radical (unpaired) electrons. The third-order valence-corrected chi connectivity index (χ3v) is 5.75. The molecule has 2 aromatic rings. The summed E-state index contributed by atoms with van der Waals surface area (Å²) in [5.41, 5.74) is 0. The molecule has 1 aliphatic heterocycles. The molecule has 0 aliphatic carbocycles. The number of rotatable bonds is 2. The Labute approximate surface area is 122 Å². The van der Waals surface area contributed by atoms with Crippen LogP contribution in [-0.4, -0.2) is 17.4 Å². The number of carbonyl (C=O) groups excluding carboxylic acids is 1. The van der Waals surface area contributed by atoms with E-state index in [1.807, 2.05) is 17.0 Å². The van der Waals surface area contributed by atoms with Gasteiger partial charge in [-0.3, -0.25) is 4.79 Å². The molecule has 1 amide bonds. The van der Waals surface area contributed by atoms with Gasteiger partial charge >= 0.3 is 0 Å². The van der Waals surface area contributed by atoms with E-state index in [-0.39, 0.29) is 11.9 Å². The lowest BCUT2D eigenvalue weighted by molar-refractivity contribution is 0.0743. The Hall–Kier alpha value is -0.650. The minimum atomic E-state index is 0.168. The summed E-state index contributed by atoms with van der Waals surface area (Å²) in [4.78, 5) is 16.6. The van der Waals surface area contributed by atoms with Gasteiger partial charge in [0.15, 0.2) is 0 Å². The molecule has 5 heteroatoms. The van der Waals surface area contributed by atoms with E-state index >= 15 is 0 Å². The standard InChI is InChI=1S/C13H12BrNOS2/c14-12-6-5-11(18-12)13(16)15-7-1-3-9(15)10-4-2-8-17-10/h2,4-6,8-9H,1,3,7H2/t9-/m0/s1. The smallest absolute Gasteiger partial charge is 0.264 e. The molecule has 1 fully saturated rings. The summed E-state index contributed by atoms with van der Waals surface area (Å²) in [5.74, 6) is 0.168. The van der Waals surface area contributed by atoms with Gasteiger partial charge in [-0.1, -0.05) is 6.07 Å². The van der Waals surface area contributed by atoms with E-state index in [0.29, 0.717) is 0 Å². The van der Waals surface area contributed by atoms with Crippen molar-refractivity contribution >= 4 is 44.5 Å². The second kappa shape index (κ2) is 5.15. The van der Waals surface area contributed by atoms with Crippen LogP contribution in [0.25, 0.3) is 0 Å². The van der Waals surface area contributed by atoms with Crippen LogP contribution < -0.4 is 0 Å². The van der Waals surface area contributed by atoms with Gasteiger partial charge in [0.05, 0.1) is 14.7 Å². The largest absolute Gasteiger partial charge is 0.330 e. The first-order valence-electron chi connectivity index (χ1n) is 5.85. The Morgan fingerprint density at radius 2 is 2.28 bits per heavy atom. The second-order valence-electron chi connectivity index (χ2n) is 4.28. The maximum atomic E-state index is 12.5. The molecule has 1 atom stereocenters. The average molecular weight is 342 g/mol. The molecule has 0 unspecified atom stereocenters. The van der Waals surface area contributed by atoms with E-state index in [1.165, 1.54) is 16.2 Å². The van der Waals surface area contributed by atoms with Crippen LogP contribution >= 0.6 is 38.6 Å². The van der Waals surface area contributed by atoms with Gasteiger partial charge in [-0.15, -0.1) is 22.7 Å². The number of carbonyl (C=O) groups is 1. The molecular weight excluding hydrogens is 330 g/mol. The fourth-order valence-electron chi connectivity index (χ4n) is 2.36. The first-order chi connectivity index (χ1) is 8.75. The molecule has 1 aliphatic rings. The minimum absolute atomic E-state index is 0.168. The van der Waals surface area contributed by atoms with Crippen LogP contribution in [-0.2, 0) is 0 Å². The third-order valence-electron chi connectivity index (χ3n) is 3.17. The van der Waals surface area contributed by atoms with E-state index in [9.17, 15) is 4.79 Å². The van der Waals surface area contributed by atoms with Crippen LogP contribution in [0, 0.1) is 0 Å². The van der Waals surface area contributed by atoms with Gasteiger partial charge in [0.2, 0.25) is 0 Å². The summed E-state index contributed by atoms with van der Waals surface area (Å²) in [7, 11) is 0. The normalized spacial score (nSPS) is 19.4. The zero-order valence-electron chi connectivity index (χ0n) is 9.64. The van der Waals surface area contributed by atoms with Gasteiger partial charge in [-0.2, -0.15) is 0 Å². The average Bonchev–Trinajstić information content (AvgIpc) is 3.08. The number of thiophene rings is 2.